The normalized spacial score (nSPS) is 17.6. The van der Waals surface area contributed by atoms with Crippen LogP contribution in [0.2, 0.25) is 0 Å². The van der Waals surface area contributed by atoms with Crippen LogP contribution >= 0.6 is 0 Å². The zero-order chi connectivity index (χ0) is 31.6. The van der Waals surface area contributed by atoms with Crippen molar-refractivity contribution in [3.63, 3.8) is 0 Å². The van der Waals surface area contributed by atoms with Crippen molar-refractivity contribution in [2.45, 2.75) is 38.1 Å². The number of amides is 1. The van der Waals surface area contributed by atoms with E-state index in [1.54, 1.807) is 12.0 Å². The molecule has 1 amide bonds. The monoisotopic (exact) mass is 622 g/mol. The fourth-order valence-corrected chi connectivity index (χ4v) is 6.09. The SMILES string of the molecule is COCCCN1CCOc2ccc(COC3CN(C(=O)OCc4ccccc4)CCC3c3ccc(Oc4ccccc4)cc3)cc21. The predicted octanol–water partition coefficient (Wildman–Crippen LogP) is 7.43. The molecule has 6 rings (SSSR count). The second-order valence-corrected chi connectivity index (χ2v) is 11.7. The lowest BCUT2D eigenvalue weighted by Crippen LogP contribution is -2.47. The Kier molecular flexibility index (Phi) is 10.7. The van der Waals surface area contributed by atoms with Gasteiger partial charge < -0.3 is 33.5 Å². The van der Waals surface area contributed by atoms with Crippen LogP contribution in [0.1, 0.15) is 35.4 Å². The molecule has 4 aromatic carbocycles. The summed E-state index contributed by atoms with van der Waals surface area (Å²) in [5.41, 5.74) is 4.27. The van der Waals surface area contributed by atoms with Crippen LogP contribution in [-0.2, 0) is 27.4 Å². The number of piperidine rings is 1. The Bertz CT molecular complexity index is 1530. The largest absolute Gasteiger partial charge is 0.490 e. The van der Waals surface area contributed by atoms with Crippen LogP contribution in [0.3, 0.4) is 0 Å². The van der Waals surface area contributed by atoms with Gasteiger partial charge in [0.1, 0.15) is 30.5 Å². The topological polar surface area (TPSA) is 69.7 Å². The van der Waals surface area contributed by atoms with E-state index < -0.39 is 0 Å². The van der Waals surface area contributed by atoms with E-state index in [0.717, 1.165) is 72.2 Å². The van der Waals surface area contributed by atoms with Crippen molar-refractivity contribution in [2.75, 3.05) is 51.4 Å². The molecule has 1 saturated heterocycles. The number of carbonyl (C=O) groups excluding carboxylic acids is 1. The van der Waals surface area contributed by atoms with E-state index in [2.05, 4.69) is 29.2 Å². The van der Waals surface area contributed by atoms with E-state index in [-0.39, 0.29) is 24.7 Å². The van der Waals surface area contributed by atoms with Gasteiger partial charge in [-0.25, -0.2) is 4.79 Å². The molecule has 1 fully saturated rings. The maximum atomic E-state index is 13.2. The number of anilines is 1. The third-order valence-electron chi connectivity index (χ3n) is 8.53. The molecule has 2 heterocycles. The van der Waals surface area contributed by atoms with Gasteiger partial charge in [0, 0.05) is 32.7 Å². The first-order chi connectivity index (χ1) is 22.7. The summed E-state index contributed by atoms with van der Waals surface area (Å²) in [5, 5.41) is 0. The summed E-state index contributed by atoms with van der Waals surface area (Å²) in [7, 11) is 1.73. The number of benzene rings is 4. The molecule has 0 aliphatic carbocycles. The fourth-order valence-electron chi connectivity index (χ4n) is 6.09. The lowest BCUT2D eigenvalue weighted by Gasteiger charge is -2.38. The zero-order valence-corrected chi connectivity index (χ0v) is 26.4. The van der Waals surface area contributed by atoms with Crippen LogP contribution in [0.15, 0.2) is 103 Å². The first kappa shape index (κ1) is 31.5. The van der Waals surface area contributed by atoms with Crippen molar-refractivity contribution in [3.8, 4) is 17.2 Å². The van der Waals surface area contributed by atoms with Crippen molar-refractivity contribution in [1.29, 1.82) is 0 Å². The zero-order valence-electron chi connectivity index (χ0n) is 26.4. The molecule has 0 N–H and O–H groups in total. The molecule has 0 bridgehead atoms. The highest BCUT2D eigenvalue weighted by atomic mass is 16.6. The summed E-state index contributed by atoms with van der Waals surface area (Å²) < 4.78 is 29.6. The molecule has 8 heteroatoms. The molecule has 46 heavy (non-hydrogen) atoms. The highest BCUT2D eigenvalue weighted by molar-refractivity contribution is 5.68. The van der Waals surface area contributed by atoms with Crippen LogP contribution < -0.4 is 14.4 Å². The van der Waals surface area contributed by atoms with Crippen molar-refractivity contribution in [1.82, 2.24) is 4.90 Å². The molecule has 0 spiro atoms. The van der Waals surface area contributed by atoms with E-state index in [0.29, 0.717) is 26.3 Å². The van der Waals surface area contributed by atoms with Crippen molar-refractivity contribution in [2.24, 2.45) is 0 Å². The molecule has 0 aromatic heterocycles. The quantitative estimate of drug-likeness (QED) is 0.152. The number of rotatable bonds is 12. The number of ether oxygens (including phenoxy) is 5. The first-order valence-electron chi connectivity index (χ1n) is 16.1. The summed E-state index contributed by atoms with van der Waals surface area (Å²) in [6.07, 6.45) is 1.17. The summed E-state index contributed by atoms with van der Waals surface area (Å²) in [4.78, 5) is 17.3. The highest BCUT2D eigenvalue weighted by Gasteiger charge is 2.34. The van der Waals surface area contributed by atoms with Gasteiger partial charge in [-0.05, 0) is 65.9 Å². The Morgan fingerprint density at radius 2 is 1.61 bits per heavy atom. The molecule has 2 atom stereocenters. The molecule has 2 aliphatic heterocycles. The van der Waals surface area contributed by atoms with Crippen LogP contribution in [0.25, 0.3) is 0 Å². The molecular formula is C38H42N2O6. The highest BCUT2D eigenvalue weighted by Crippen LogP contribution is 2.35. The average Bonchev–Trinajstić information content (AvgIpc) is 3.11. The second kappa shape index (κ2) is 15.7. The number of fused-ring (bicyclic) bond motifs is 1. The van der Waals surface area contributed by atoms with Gasteiger partial charge in [-0.1, -0.05) is 66.7 Å². The molecule has 240 valence electrons. The Labute approximate surface area is 271 Å². The molecule has 0 radical (unpaired) electrons. The van der Waals surface area contributed by atoms with E-state index in [1.807, 2.05) is 78.9 Å². The summed E-state index contributed by atoms with van der Waals surface area (Å²) in [5.74, 6) is 2.58. The standard InChI is InChI=1S/C38H42N2O6/c1-42-23-8-20-39-22-24-43-36-18-13-30(25-35(36)39)28-44-37-26-40(38(41)45-27-29-9-4-2-5-10-29)21-19-34(37)31-14-16-33(17-15-31)46-32-11-6-3-7-12-32/h2-7,9-18,25,34,37H,8,19-24,26-28H2,1H3. The summed E-state index contributed by atoms with van der Waals surface area (Å²) >= 11 is 0. The minimum absolute atomic E-state index is 0.107. The van der Waals surface area contributed by atoms with Crippen molar-refractivity contribution < 1.29 is 28.5 Å². The molecule has 8 nitrogen and oxygen atoms in total. The number of nitrogens with zero attached hydrogens (tertiary/aromatic N) is 2. The Morgan fingerprint density at radius 3 is 2.39 bits per heavy atom. The number of hydrogen-bond donors (Lipinski definition) is 0. The molecule has 4 aromatic rings. The maximum absolute atomic E-state index is 13.2. The van der Waals surface area contributed by atoms with E-state index >= 15 is 0 Å². The van der Waals surface area contributed by atoms with E-state index in [1.165, 1.54) is 0 Å². The number of methoxy groups -OCH3 is 1. The van der Waals surface area contributed by atoms with Gasteiger partial charge in [0.25, 0.3) is 0 Å². The summed E-state index contributed by atoms with van der Waals surface area (Å²) in [6.45, 7) is 4.84. The van der Waals surface area contributed by atoms with Gasteiger partial charge >= 0.3 is 6.09 Å². The molecule has 2 aliphatic rings. The van der Waals surface area contributed by atoms with Gasteiger partial charge in [0.2, 0.25) is 0 Å². The minimum Gasteiger partial charge on any atom is -0.490 e. The van der Waals surface area contributed by atoms with Gasteiger partial charge in [0.05, 0.1) is 31.5 Å². The van der Waals surface area contributed by atoms with Crippen LogP contribution in [0.5, 0.6) is 17.2 Å². The predicted molar refractivity (Wildman–Crippen MR) is 178 cm³/mol. The van der Waals surface area contributed by atoms with E-state index in [9.17, 15) is 4.79 Å². The number of para-hydroxylation sites is 1. The molecule has 2 unspecified atom stereocenters. The average molecular weight is 623 g/mol. The smallest absolute Gasteiger partial charge is 0.410 e. The molecular weight excluding hydrogens is 580 g/mol. The Morgan fingerprint density at radius 1 is 0.848 bits per heavy atom. The molecule has 0 saturated carbocycles. The van der Waals surface area contributed by atoms with Gasteiger partial charge in [-0.3, -0.25) is 0 Å². The lowest BCUT2D eigenvalue weighted by atomic mass is 9.87. The number of likely N-dealkylation sites (tertiary alicyclic amines) is 1. The van der Waals surface area contributed by atoms with Crippen LogP contribution in [0.4, 0.5) is 10.5 Å². The Balaban J connectivity index is 1.16. The maximum Gasteiger partial charge on any atom is 0.410 e. The van der Waals surface area contributed by atoms with Crippen LogP contribution in [0, 0.1) is 0 Å². The van der Waals surface area contributed by atoms with E-state index in [4.69, 9.17) is 23.7 Å². The van der Waals surface area contributed by atoms with Crippen molar-refractivity contribution >= 4 is 11.8 Å². The number of hydrogen-bond acceptors (Lipinski definition) is 7. The lowest BCUT2D eigenvalue weighted by molar-refractivity contribution is -0.0246. The number of carbonyl (C=O) groups is 1. The third kappa shape index (κ3) is 8.19. The van der Waals surface area contributed by atoms with Crippen LogP contribution in [-0.4, -0.2) is 63.6 Å². The second-order valence-electron chi connectivity index (χ2n) is 11.7. The van der Waals surface area contributed by atoms with Gasteiger partial charge in [-0.2, -0.15) is 0 Å². The summed E-state index contributed by atoms with van der Waals surface area (Å²) in [6, 6.07) is 34.0. The Hall–Kier alpha value is -4.53. The fraction of sp³-hybridized carbons (Fsp3) is 0.342. The minimum atomic E-state index is -0.319. The van der Waals surface area contributed by atoms with Gasteiger partial charge in [-0.15, -0.1) is 0 Å². The van der Waals surface area contributed by atoms with Crippen molar-refractivity contribution in [3.05, 3.63) is 120 Å². The third-order valence-corrected chi connectivity index (χ3v) is 8.53. The van der Waals surface area contributed by atoms with Gasteiger partial charge in [0.15, 0.2) is 0 Å². The first-order valence-corrected chi connectivity index (χ1v) is 16.1.